The third-order valence-corrected chi connectivity index (χ3v) is 6.58. The van der Waals surface area contributed by atoms with Crippen molar-refractivity contribution in [3.05, 3.63) is 64.6 Å². The minimum Gasteiger partial charge on any atom is -0.462 e. The van der Waals surface area contributed by atoms with Crippen LogP contribution < -0.4 is 10.2 Å². The Morgan fingerprint density at radius 2 is 1.46 bits per heavy atom. The molecule has 7 heteroatoms. The van der Waals surface area contributed by atoms with Gasteiger partial charge in [-0.3, -0.25) is 9.59 Å². The fraction of sp³-hybridized carbons (Fsp3) is 0.464. The maximum absolute atomic E-state index is 13.3. The summed E-state index contributed by atoms with van der Waals surface area (Å²) < 4.78 is 5.33. The van der Waals surface area contributed by atoms with Crippen molar-refractivity contribution in [1.29, 1.82) is 0 Å². The monoisotopic (exact) mass is 498 g/mol. The van der Waals surface area contributed by atoms with Crippen molar-refractivity contribution in [2.24, 2.45) is 0 Å². The zero-order valence-corrected chi connectivity index (χ0v) is 22.0. The number of rotatable bonds is 13. The van der Waals surface area contributed by atoms with Crippen LogP contribution in [0.5, 0.6) is 0 Å². The van der Waals surface area contributed by atoms with E-state index < -0.39 is 5.97 Å². The molecule has 1 aliphatic heterocycles. The Labute approximate surface area is 213 Å². The second kappa shape index (κ2) is 16.0. The van der Waals surface area contributed by atoms with Crippen LogP contribution in [0.15, 0.2) is 48.6 Å². The van der Waals surface area contributed by atoms with Gasteiger partial charge >= 0.3 is 5.97 Å². The zero-order valence-electron chi connectivity index (χ0n) is 21.2. The Hall–Kier alpha value is -2.77. The van der Waals surface area contributed by atoms with Crippen LogP contribution in [0.25, 0.3) is 0 Å². The molecule has 0 aromatic carbocycles. The summed E-state index contributed by atoms with van der Waals surface area (Å²) >= 11 is 1.33. The van der Waals surface area contributed by atoms with E-state index >= 15 is 0 Å². The Balaban J connectivity index is 2.35. The number of carbonyl (C=O) groups is 3. The number of hydrogen-bond acceptors (Lipinski definition) is 6. The molecule has 2 amide bonds. The highest BCUT2D eigenvalue weighted by Gasteiger charge is 2.33. The van der Waals surface area contributed by atoms with Crippen LogP contribution in [-0.4, -0.2) is 30.9 Å². The number of carbonyl (C=O) groups excluding carboxylic acids is 3. The number of hydrogen-bond donors (Lipinski definition) is 1. The van der Waals surface area contributed by atoms with Gasteiger partial charge in [0.05, 0.1) is 12.2 Å². The number of allylic oxidation sites excluding steroid dienone is 6. The summed E-state index contributed by atoms with van der Waals surface area (Å²) in [7, 11) is 0. The Bertz CT molecular complexity index is 932. The van der Waals surface area contributed by atoms with Crippen molar-refractivity contribution in [2.75, 3.05) is 18.1 Å². The van der Waals surface area contributed by atoms with Crippen LogP contribution in [0.2, 0.25) is 0 Å². The first-order valence-corrected chi connectivity index (χ1v) is 13.3. The molecular weight excluding hydrogens is 460 g/mol. The number of nitrogens with one attached hydrogen (secondary N) is 1. The van der Waals surface area contributed by atoms with Gasteiger partial charge in [-0.2, -0.15) is 0 Å². The van der Waals surface area contributed by atoms with E-state index in [0.717, 1.165) is 42.7 Å². The molecule has 0 radical (unpaired) electrons. The first-order valence-electron chi connectivity index (χ1n) is 12.5. The number of nitrogens with zero attached hydrogens (tertiary/aromatic N) is 1. The van der Waals surface area contributed by atoms with Crippen LogP contribution in [0.4, 0.5) is 5.00 Å². The predicted octanol–water partition coefficient (Wildman–Crippen LogP) is 6.04. The summed E-state index contributed by atoms with van der Waals surface area (Å²) in [5, 5.41) is 3.68. The normalized spacial score (nSPS) is 13.8. The summed E-state index contributed by atoms with van der Waals surface area (Å²) in [5.74, 6) is -1.17. The summed E-state index contributed by atoms with van der Waals surface area (Å²) in [4.78, 5) is 41.8. The number of esters is 1. The molecule has 1 aromatic heterocycles. The Morgan fingerprint density at radius 1 is 0.886 bits per heavy atom. The van der Waals surface area contributed by atoms with E-state index in [1.54, 1.807) is 19.1 Å². The lowest BCUT2D eigenvalue weighted by atomic mass is 10.0. The molecule has 2 heterocycles. The highest BCUT2D eigenvalue weighted by Crippen LogP contribution is 2.39. The molecule has 1 N–H and O–H groups in total. The van der Waals surface area contributed by atoms with Gasteiger partial charge in [0, 0.05) is 24.3 Å². The maximum atomic E-state index is 13.3. The van der Waals surface area contributed by atoms with Gasteiger partial charge < -0.3 is 10.1 Å². The molecule has 0 atom stereocenters. The van der Waals surface area contributed by atoms with E-state index in [4.69, 9.17) is 4.74 Å². The smallest absolute Gasteiger partial charge is 0.341 e. The first-order chi connectivity index (χ1) is 17.0. The number of thiophene rings is 1. The molecule has 0 spiro atoms. The van der Waals surface area contributed by atoms with Crippen LogP contribution in [-0.2, 0) is 27.3 Å². The summed E-state index contributed by atoms with van der Waals surface area (Å²) in [6.07, 6.45) is 19.8. The Kier molecular flexibility index (Phi) is 13.0. The average Bonchev–Trinajstić information content (AvgIpc) is 3.22. The summed E-state index contributed by atoms with van der Waals surface area (Å²) in [6.45, 7) is 7.46. The fourth-order valence-corrected chi connectivity index (χ4v) is 5.02. The molecule has 0 aliphatic carbocycles. The molecule has 190 valence electrons. The van der Waals surface area contributed by atoms with Crippen LogP contribution in [0.3, 0.4) is 0 Å². The Morgan fingerprint density at radius 3 is 2.00 bits per heavy atom. The van der Waals surface area contributed by atoms with Gasteiger partial charge in [0.2, 0.25) is 11.8 Å². The van der Waals surface area contributed by atoms with E-state index in [2.05, 4.69) is 31.3 Å². The molecule has 0 fully saturated rings. The molecule has 0 bridgehead atoms. The van der Waals surface area contributed by atoms with E-state index in [9.17, 15) is 14.4 Å². The largest absolute Gasteiger partial charge is 0.462 e. The molecule has 1 aromatic rings. The molecule has 35 heavy (non-hydrogen) atoms. The van der Waals surface area contributed by atoms with Gasteiger partial charge in [0.15, 0.2) is 0 Å². The highest BCUT2D eigenvalue weighted by atomic mass is 32.1. The van der Waals surface area contributed by atoms with E-state index in [1.807, 2.05) is 24.3 Å². The third-order valence-electron chi connectivity index (χ3n) is 5.36. The molecule has 1 aliphatic rings. The molecule has 0 saturated heterocycles. The van der Waals surface area contributed by atoms with Gasteiger partial charge in [0.1, 0.15) is 5.00 Å². The van der Waals surface area contributed by atoms with Crippen molar-refractivity contribution in [3.63, 3.8) is 0 Å². The van der Waals surface area contributed by atoms with Crippen LogP contribution >= 0.6 is 11.3 Å². The molecular formula is C28H38N2O4S. The number of anilines is 1. The average molecular weight is 499 g/mol. The van der Waals surface area contributed by atoms with Gasteiger partial charge in [-0.15, -0.1) is 11.3 Å². The predicted molar refractivity (Wildman–Crippen MR) is 144 cm³/mol. The van der Waals surface area contributed by atoms with E-state index in [1.165, 1.54) is 16.2 Å². The lowest BCUT2D eigenvalue weighted by Gasteiger charge is -2.20. The zero-order chi connectivity index (χ0) is 25.5. The van der Waals surface area contributed by atoms with E-state index in [0.29, 0.717) is 23.5 Å². The summed E-state index contributed by atoms with van der Waals surface area (Å²) in [6, 6.07) is 0. The van der Waals surface area contributed by atoms with E-state index in [-0.39, 0.29) is 31.3 Å². The molecule has 0 saturated carbocycles. The van der Waals surface area contributed by atoms with Crippen molar-refractivity contribution >= 4 is 34.1 Å². The minimum absolute atomic E-state index is 0.0811. The quantitative estimate of drug-likeness (QED) is 0.265. The van der Waals surface area contributed by atoms with Crippen molar-refractivity contribution in [3.8, 4) is 0 Å². The van der Waals surface area contributed by atoms with Gasteiger partial charge in [0.25, 0.3) is 0 Å². The highest BCUT2D eigenvalue weighted by molar-refractivity contribution is 7.17. The number of ether oxygens (including phenoxy) is 1. The topological polar surface area (TPSA) is 75.7 Å². The molecule has 2 rings (SSSR count). The van der Waals surface area contributed by atoms with Gasteiger partial charge in [-0.25, -0.2) is 9.69 Å². The lowest BCUT2D eigenvalue weighted by molar-refractivity contribution is -0.125. The number of amides is 2. The van der Waals surface area contributed by atoms with Crippen LogP contribution in [0, 0.1) is 0 Å². The van der Waals surface area contributed by atoms with Crippen molar-refractivity contribution in [2.45, 2.75) is 72.3 Å². The second-order valence-corrected chi connectivity index (χ2v) is 9.12. The minimum atomic E-state index is -0.479. The maximum Gasteiger partial charge on any atom is 0.341 e. The lowest BCUT2D eigenvalue weighted by Crippen LogP contribution is -2.37. The fourth-order valence-electron chi connectivity index (χ4n) is 3.68. The standard InChI is InChI=1S/C28H38N2O4S/c1-4-7-9-11-13-15-17-24(31)30(25(32)18-16-14-12-10-8-5-2)27-26(28(33)34-6-3)22-19-20-29-21-23(22)35-27/h7-10,13-16,29H,4-6,11-12,17-21H2,1-3H3/b9-7-,10-8-,15-13-,16-14-. The number of imide groups is 1. The SMILES string of the molecule is CC/C=C\C/C=C\CC(=O)N(C(=O)C/C=C\C/C=C\CC)c1sc2c(c1C(=O)OCC)CCNC2. The number of fused-ring (bicyclic) bond motifs is 1. The van der Waals surface area contributed by atoms with Crippen molar-refractivity contribution < 1.29 is 19.1 Å². The third kappa shape index (κ3) is 8.75. The van der Waals surface area contributed by atoms with Gasteiger partial charge in [-0.1, -0.05) is 62.5 Å². The van der Waals surface area contributed by atoms with Crippen molar-refractivity contribution in [1.82, 2.24) is 5.32 Å². The molecule has 0 unspecified atom stereocenters. The first kappa shape index (κ1) is 28.5. The van der Waals surface area contributed by atoms with Gasteiger partial charge in [-0.05, 0) is 51.1 Å². The summed E-state index contributed by atoms with van der Waals surface area (Å²) in [5.41, 5.74) is 1.24. The second-order valence-electron chi connectivity index (χ2n) is 8.04. The molecule has 6 nitrogen and oxygen atoms in total. The van der Waals surface area contributed by atoms with Crippen LogP contribution in [0.1, 0.15) is 80.1 Å².